The molecule has 0 atom stereocenters. The van der Waals surface area contributed by atoms with E-state index in [1.165, 1.54) is 12.8 Å². The monoisotopic (exact) mass is 206 g/mol. The zero-order valence-corrected chi connectivity index (χ0v) is 9.11. The van der Waals surface area contributed by atoms with Crippen molar-refractivity contribution in [2.45, 2.75) is 45.4 Å². The fourth-order valence-corrected chi connectivity index (χ4v) is 2.61. The Labute approximate surface area is 73.5 Å². The summed E-state index contributed by atoms with van der Waals surface area (Å²) in [6.45, 7) is 9.09. The van der Waals surface area contributed by atoms with Gasteiger partial charge in [0.15, 0.2) is 0 Å². The third kappa shape index (κ3) is 6.60. The van der Waals surface area contributed by atoms with Crippen LogP contribution in [0.25, 0.3) is 0 Å². The Morgan fingerprint density at radius 3 is 1.40 bits per heavy atom. The van der Waals surface area contributed by atoms with Gasteiger partial charge in [-0.15, -0.1) is 0 Å². The second kappa shape index (κ2) is 5.17. The van der Waals surface area contributed by atoms with Gasteiger partial charge in [0.2, 0.25) is 0 Å². The van der Waals surface area contributed by atoms with E-state index in [2.05, 4.69) is 43.6 Å². The molecule has 0 N–H and O–H groups in total. The summed E-state index contributed by atoms with van der Waals surface area (Å²) in [6.07, 6.45) is 2.61. The molecule has 0 aromatic heterocycles. The van der Waals surface area contributed by atoms with Crippen LogP contribution < -0.4 is 0 Å². The van der Waals surface area contributed by atoms with Gasteiger partial charge in [-0.2, -0.15) is 0 Å². The Balaban J connectivity index is 3.34. The van der Waals surface area contributed by atoms with Crippen molar-refractivity contribution in [1.82, 2.24) is 0 Å². The van der Waals surface area contributed by atoms with Crippen LogP contribution in [0.1, 0.15) is 40.5 Å². The zero-order valence-electron chi connectivity index (χ0n) is 7.52. The van der Waals surface area contributed by atoms with Crippen LogP contribution in [-0.2, 0) is 0 Å². The van der Waals surface area contributed by atoms with Gasteiger partial charge in [0.05, 0.1) is 0 Å². The van der Waals surface area contributed by atoms with Crippen molar-refractivity contribution in [3.8, 4) is 0 Å². The largest absolute Gasteiger partial charge is 0.0890 e. The SMILES string of the molecule is CC(C)CC(Br)CC(C)C. The molecule has 0 radical (unpaired) electrons. The number of hydrogen-bond donors (Lipinski definition) is 0. The van der Waals surface area contributed by atoms with Crippen molar-refractivity contribution >= 4 is 15.9 Å². The third-order valence-electron chi connectivity index (χ3n) is 1.45. The Bertz CT molecular complexity index is 66.8. The van der Waals surface area contributed by atoms with Gasteiger partial charge in [0.25, 0.3) is 0 Å². The molecule has 0 fully saturated rings. The molecule has 0 rings (SSSR count). The highest BCUT2D eigenvalue weighted by atomic mass is 79.9. The highest BCUT2D eigenvalue weighted by molar-refractivity contribution is 9.09. The van der Waals surface area contributed by atoms with E-state index < -0.39 is 0 Å². The lowest BCUT2D eigenvalue weighted by Crippen LogP contribution is -2.05. The standard InChI is InChI=1S/C9H19Br/c1-7(2)5-9(10)6-8(3)4/h7-9H,5-6H2,1-4H3. The number of rotatable bonds is 4. The molecular formula is C9H19Br. The molecule has 0 saturated heterocycles. The van der Waals surface area contributed by atoms with Crippen LogP contribution in [0.4, 0.5) is 0 Å². The van der Waals surface area contributed by atoms with Gasteiger partial charge in [-0.05, 0) is 24.7 Å². The Morgan fingerprint density at radius 1 is 0.900 bits per heavy atom. The van der Waals surface area contributed by atoms with Crippen LogP contribution in [0.3, 0.4) is 0 Å². The molecule has 10 heavy (non-hydrogen) atoms. The smallest absolute Gasteiger partial charge is 0.0150 e. The van der Waals surface area contributed by atoms with Gasteiger partial charge in [-0.25, -0.2) is 0 Å². The molecule has 62 valence electrons. The topological polar surface area (TPSA) is 0 Å². The summed E-state index contributed by atoms with van der Waals surface area (Å²) < 4.78 is 0. The minimum atomic E-state index is 0.729. The van der Waals surface area contributed by atoms with E-state index in [0.29, 0.717) is 0 Å². The molecule has 1 heteroatoms. The summed E-state index contributed by atoms with van der Waals surface area (Å²) in [5, 5.41) is 0. The minimum Gasteiger partial charge on any atom is -0.0890 e. The number of hydrogen-bond acceptors (Lipinski definition) is 0. The highest BCUT2D eigenvalue weighted by Crippen LogP contribution is 2.19. The van der Waals surface area contributed by atoms with Crippen molar-refractivity contribution in [2.75, 3.05) is 0 Å². The summed E-state index contributed by atoms with van der Waals surface area (Å²) >= 11 is 3.68. The quantitative estimate of drug-likeness (QED) is 0.614. The third-order valence-corrected chi connectivity index (χ3v) is 2.20. The molecule has 0 aromatic rings. The van der Waals surface area contributed by atoms with Gasteiger partial charge in [0, 0.05) is 4.83 Å². The summed E-state index contributed by atoms with van der Waals surface area (Å²) in [6, 6.07) is 0. The first-order chi connectivity index (χ1) is 4.52. The van der Waals surface area contributed by atoms with E-state index in [1.807, 2.05) is 0 Å². The minimum absolute atomic E-state index is 0.729. The molecule has 0 spiro atoms. The van der Waals surface area contributed by atoms with Crippen LogP contribution in [0.15, 0.2) is 0 Å². The molecule has 0 aliphatic rings. The van der Waals surface area contributed by atoms with E-state index in [1.54, 1.807) is 0 Å². The molecular weight excluding hydrogens is 188 g/mol. The molecule has 0 bridgehead atoms. The van der Waals surface area contributed by atoms with Crippen molar-refractivity contribution < 1.29 is 0 Å². The van der Waals surface area contributed by atoms with Gasteiger partial charge in [0.1, 0.15) is 0 Å². The lowest BCUT2D eigenvalue weighted by molar-refractivity contribution is 0.497. The van der Waals surface area contributed by atoms with Crippen molar-refractivity contribution in [2.24, 2.45) is 11.8 Å². The maximum absolute atomic E-state index is 3.68. The summed E-state index contributed by atoms with van der Waals surface area (Å²) in [4.78, 5) is 0.729. The predicted octanol–water partition coefficient (Wildman–Crippen LogP) is 3.84. The Kier molecular flexibility index (Phi) is 5.42. The Morgan fingerprint density at radius 2 is 1.20 bits per heavy atom. The summed E-state index contributed by atoms with van der Waals surface area (Å²) in [5.74, 6) is 1.64. The molecule has 0 nitrogen and oxygen atoms in total. The molecule has 0 heterocycles. The molecule has 0 saturated carbocycles. The molecule has 0 amide bonds. The summed E-state index contributed by atoms with van der Waals surface area (Å²) in [5.41, 5.74) is 0. The molecule has 0 aromatic carbocycles. The predicted molar refractivity (Wildman–Crippen MR) is 51.6 cm³/mol. The zero-order chi connectivity index (χ0) is 8.15. The van der Waals surface area contributed by atoms with Crippen molar-refractivity contribution in [3.05, 3.63) is 0 Å². The van der Waals surface area contributed by atoms with Gasteiger partial charge >= 0.3 is 0 Å². The molecule has 0 aliphatic carbocycles. The van der Waals surface area contributed by atoms with Crippen LogP contribution in [0, 0.1) is 11.8 Å². The number of halogens is 1. The first-order valence-electron chi connectivity index (χ1n) is 4.16. The van der Waals surface area contributed by atoms with Crippen molar-refractivity contribution in [3.63, 3.8) is 0 Å². The van der Waals surface area contributed by atoms with Crippen LogP contribution in [-0.4, -0.2) is 4.83 Å². The molecule has 0 unspecified atom stereocenters. The molecule has 0 aliphatic heterocycles. The van der Waals surface area contributed by atoms with E-state index in [-0.39, 0.29) is 0 Å². The Hall–Kier alpha value is 0.480. The average molecular weight is 207 g/mol. The van der Waals surface area contributed by atoms with E-state index in [4.69, 9.17) is 0 Å². The van der Waals surface area contributed by atoms with Gasteiger partial charge in [-0.1, -0.05) is 43.6 Å². The fraction of sp³-hybridized carbons (Fsp3) is 1.00. The normalized spacial score (nSPS) is 12.0. The van der Waals surface area contributed by atoms with Gasteiger partial charge < -0.3 is 0 Å². The fourth-order valence-electron chi connectivity index (χ4n) is 1.12. The maximum atomic E-state index is 3.68. The lowest BCUT2D eigenvalue weighted by Gasteiger charge is -2.13. The van der Waals surface area contributed by atoms with Gasteiger partial charge in [-0.3, -0.25) is 0 Å². The summed E-state index contributed by atoms with van der Waals surface area (Å²) in [7, 11) is 0. The maximum Gasteiger partial charge on any atom is 0.0150 e. The second-order valence-electron chi connectivity index (χ2n) is 3.86. The lowest BCUT2D eigenvalue weighted by atomic mass is 10.0. The van der Waals surface area contributed by atoms with Crippen LogP contribution >= 0.6 is 15.9 Å². The van der Waals surface area contributed by atoms with Crippen LogP contribution in [0.2, 0.25) is 0 Å². The van der Waals surface area contributed by atoms with Crippen LogP contribution in [0.5, 0.6) is 0 Å². The second-order valence-corrected chi connectivity index (χ2v) is 5.15. The number of alkyl halides is 1. The average Bonchev–Trinajstić information content (AvgIpc) is 1.58. The van der Waals surface area contributed by atoms with Crippen molar-refractivity contribution in [1.29, 1.82) is 0 Å². The first kappa shape index (κ1) is 10.5. The van der Waals surface area contributed by atoms with E-state index in [0.717, 1.165) is 16.7 Å². The highest BCUT2D eigenvalue weighted by Gasteiger charge is 2.07. The first-order valence-corrected chi connectivity index (χ1v) is 5.08. The van der Waals surface area contributed by atoms with E-state index in [9.17, 15) is 0 Å². The van der Waals surface area contributed by atoms with E-state index >= 15 is 0 Å².